The van der Waals surface area contributed by atoms with Gasteiger partial charge < -0.3 is 10.4 Å². The van der Waals surface area contributed by atoms with Crippen LogP contribution in [0.4, 0.5) is 11.4 Å². The van der Waals surface area contributed by atoms with E-state index in [0.717, 1.165) is 30.9 Å². The van der Waals surface area contributed by atoms with Gasteiger partial charge in [0, 0.05) is 18.2 Å². The molecule has 6 heteroatoms. The number of carboxylic acid groups (broad SMARTS) is 1. The van der Waals surface area contributed by atoms with E-state index in [0.29, 0.717) is 17.2 Å². The largest absolute Gasteiger partial charge is 0.478 e. The molecular formula is C19H26N2O4. The lowest BCUT2D eigenvalue weighted by molar-refractivity contribution is -0.384. The second-order valence-electron chi connectivity index (χ2n) is 7.91. The molecule has 1 aliphatic rings. The molecule has 0 spiro atoms. The second-order valence-corrected chi connectivity index (χ2v) is 7.91. The zero-order valence-electron chi connectivity index (χ0n) is 15.2. The molecule has 0 aliphatic heterocycles. The number of carboxylic acids is 1. The van der Waals surface area contributed by atoms with E-state index < -0.39 is 10.9 Å². The van der Waals surface area contributed by atoms with Crippen LogP contribution in [0.5, 0.6) is 0 Å². The van der Waals surface area contributed by atoms with E-state index in [4.69, 9.17) is 5.11 Å². The first-order chi connectivity index (χ1) is 11.6. The molecule has 25 heavy (non-hydrogen) atoms. The molecule has 1 aromatic carbocycles. The van der Waals surface area contributed by atoms with Gasteiger partial charge in [0.15, 0.2) is 0 Å². The Hall–Kier alpha value is -2.37. The highest BCUT2D eigenvalue weighted by atomic mass is 16.6. The first-order valence-corrected chi connectivity index (χ1v) is 8.54. The number of hydrogen-bond acceptors (Lipinski definition) is 4. The van der Waals surface area contributed by atoms with Crippen LogP contribution in [0.25, 0.3) is 6.08 Å². The average molecular weight is 346 g/mol. The molecule has 2 N–H and O–H groups in total. The summed E-state index contributed by atoms with van der Waals surface area (Å²) in [7, 11) is 0. The van der Waals surface area contributed by atoms with Gasteiger partial charge in [0.2, 0.25) is 0 Å². The summed E-state index contributed by atoms with van der Waals surface area (Å²) < 4.78 is 0. The minimum Gasteiger partial charge on any atom is -0.478 e. The maximum absolute atomic E-state index is 11.5. The third-order valence-electron chi connectivity index (χ3n) is 4.73. The summed E-state index contributed by atoms with van der Waals surface area (Å²) in [6, 6.07) is 3.37. The topological polar surface area (TPSA) is 92.5 Å². The molecule has 136 valence electrons. The van der Waals surface area contributed by atoms with Crippen LogP contribution >= 0.6 is 0 Å². The molecule has 6 nitrogen and oxygen atoms in total. The molecular weight excluding hydrogens is 320 g/mol. The van der Waals surface area contributed by atoms with Crippen LogP contribution in [0.15, 0.2) is 18.2 Å². The van der Waals surface area contributed by atoms with Crippen LogP contribution in [-0.4, -0.2) is 22.0 Å². The number of hydrogen-bond donors (Lipinski definition) is 2. The highest BCUT2D eigenvalue weighted by molar-refractivity contribution is 5.86. The molecule has 0 amide bonds. The number of nitro groups is 1. The van der Waals surface area contributed by atoms with Crippen molar-refractivity contribution < 1.29 is 14.8 Å². The first-order valence-electron chi connectivity index (χ1n) is 8.54. The molecule has 1 fully saturated rings. The van der Waals surface area contributed by atoms with Crippen molar-refractivity contribution in [3.05, 3.63) is 39.4 Å². The average Bonchev–Trinajstić information content (AvgIpc) is 2.43. The fourth-order valence-corrected chi connectivity index (χ4v) is 4.00. The summed E-state index contributed by atoms with van der Waals surface area (Å²) in [5.74, 6) is -0.512. The smallest absolute Gasteiger partial charge is 0.328 e. The maximum Gasteiger partial charge on any atom is 0.328 e. The number of nitrogens with zero attached hydrogens (tertiary/aromatic N) is 1. The molecule has 1 aliphatic carbocycles. The van der Waals surface area contributed by atoms with E-state index in [1.165, 1.54) is 12.1 Å². The maximum atomic E-state index is 11.5. The lowest BCUT2D eigenvalue weighted by Gasteiger charge is -2.39. The number of aryl methyl sites for hydroxylation is 1. The van der Waals surface area contributed by atoms with Gasteiger partial charge in [0.1, 0.15) is 5.69 Å². The number of aliphatic carboxylic acids is 1. The number of anilines is 1. The highest BCUT2D eigenvalue weighted by Gasteiger charge is 2.33. The fraction of sp³-hybridized carbons (Fsp3) is 0.526. The summed E-state index contributed by atoms with van der Waals surface area (Å²) in [6.07, 6.45) is 5.49. The Morgan fingerprint density at radius 3 is 2.64 bits per heavy atom. The van der Waals surface area contributed by atoms with Crippen molar-refractivity contribution in [1.29, 1.82) is 0 Å². The van der Waals surface area contributed by atoms with E-state index >= 15 is 0 Å². The summed E-state index contributed by atoms with van der Waals surface area (Å²) in [4.78, 5) is 21.8. The van der Waals surface area contributed by atoms with E-state index in [2.05, 4.69) is 26.1 Å². The fourth-order valence-electron chi connectivity index (χ4n) is 4.00. The number of carbonyl (C=O) groups is 1. The Balaban J connectivity index is 2.32. The van der Waals surface area contributed by atoms with E-state index in [1.54, 1.807) is 6.07 Å². The van der Waals surface area contributed by atoms with Crippen molar-refractivity contribution in [2.24, 2.45) is 11.3 Å². The minimum absolute atomic E-state index is 0.0216. The van der Waals surface area contributed by atoms with E-state index in [-0.39, 0.29) is 17.1 Å². The Morgan fingerprint density at radius 1 is 1.40 bits per heavy atom. The van der Waals surface area contributed by atoms with Crippen LogP contribution < -0.4 is 5.32 Å². The number of rotatable bonds is 5. The zero-order chi connectivity index (χ0) is 18.8. The van der Waals surface area contributed by atoms with Gasteiger partial charge >= 0.3 is 5.97 Å². The summed E-state index contributed by atoms with van der Waals surface area (Å²) in [5.41, 5.74) is 2.03. The Morgan fingerprint density at radius 2 is 2.08 bits per heavy atom. The molecule has 1 saturated carbocycles. The Labute approximate surface area is 148 Å². The van der Waals surface area contributed by atoms with Gasteiger partial charge in [-0.1, -0.05) is 20.8 Å². The predicted molar refractivity (Wildman–Crippen MR) is 98.7 cm³/mol. The molecule has 2 unspecified atom stereocenters. The molecule has 0 saturated heterocycles. The number of benzene rings is 1. The van der Waals surface area contributed by atoms with Gasteiger partial charge in [-0.25, -0.2) is 4.79 Å². The van der Waals surface area contributed by atoms with Gasteiger partial charge in [0.25, 0.3) is 5.69 Å². The molecule has 1 aromatic rings. The van der Waals surface area contributed by atoms with Crippen LogP contribution in [-0.2, 0) is 4.79 Å². The van der Waals surface area contributed by atoms with Crippen molar-refractivity contribution in [1.82, 2.24) is 0 Å². The van der Waals surface area contributed by atoms with Crippen molar-refractivity contribution in [2.45, 2.75) is 53.0 Å². The molecule has 0 bridgehead atoms. The van der Waals surface area contributed by atoms with Gasteiger partial charge in [0.05, 0.1) is 4.92 Å². The third-order valence-corrected chi connectivity index (χ3v) is 4.73. The normalized spacial score (nSPS) is 22.7. The lowest BCUT2D eigenvalue weighted by Crippen LogP contribution is -2.35. The summed E-state index contributed by atoms with van der Waals surface area (Å²) in [6.45, 7) is 8.51. The third kappa shape index (κ3) is 5.05. The van der Waals surface area contributed by atoms with Gasteiger partial charge in [-0.05, 0) is 60.8 Å². The molecule has 0 heterocycles. The Bertz CT molecular complexity index is 710. The quantitative estimate of drug-likeness (QED) is 0.461. The standard InChI is InChI=1S/C19H26N2O4/c1-12-7-15(11-19(3,4)10-12)20-16-8-13(2)14(5-6-18(22)23)9-17(16)21(24)25/h5-6,8-9,12,15,20H,7,10-11H2,1-4H3,(H,22,23). The van der Waals surface area contributed by atoms with Crippen LogP contribution in [0.2, 0.25) is 0 Å². The number of nitro benzene ring substituents is 1. The molecule has 2 rings (SSSR count). The monoisotopic (exact) mass is 346 g/mol. The summed E-state index contributed by atoms with van der Waals surface area (Å²) in [5, 5.41) is 23.6. The Kier molecular flexibility index (Phi) is 5.50. The molecule has 2 atom stereocenters. The van der Waals surface area contributed by atoms with Crippen LogP contribution in [0, 0.1) is 28.4 Å². The molecule has 0 radical (unpaired) electrons. The van der Waals surface area contributed by atoms with Gasteiger partial charge in [-0.2, -0.15) is 0 Å². The van der Waals surface area contributed by atoms with Crippen LogP contribution in [0.3, 0.4) is 0 Å². The summed E-state index contributed by atoms with van der Waals surface area (Å²) >= 11 is 0. The SMILES string of the molecule is Cc1cc(NC2CC(C)CC(C)(C)C2)c([N+](=O)[O-])cc1C=CC(=O)O. The highest BCUT2D eigenvalue weighted by Crippen LogP contribution is 2.40. The number of nitrogens with one attached hydrogen (secondary N) is 1. The minimum atomic E-state index is -1.08. The van der Waals surface area contributed by atoms with Gasteiger partial charge in [-0.15, -0.1) is 0 Å². The lowest BCUT2D eigenvalue weighted by atomic mass is 9.70. The van der Waals surface area contributed by atoms with E-state index in [9.17, 15) is 14.9 Å². The van der Waals surface area contributed by atoms with Crippen molar-refractivity contribution in [3.8, 4) is 0 Å². The van der Waals surface area contributed by atoms with Crippen LogP contribution in [0.1, 0.15) is 51.2 Å². The van der Waals surface area contributed by atoms with Gasteiger partial charge in [-0.3, -0.25) is 10.1 Å². The first kappa shape index (κ1) is 19.0. The predicted octanol–water partition coefficient (Wildman–Crippen LogP) is 4.63. The van der Waals surface area contributed by atoms with E-state index in [1.807, 2.05) is 6.92 Å². The van der Waals surface area contributed by atoms with Crippen molar-refractivity contribution >= 4 is 23.4 Å². The molecule has 0 aromatic heterocycles. The second kappa shape index (κ2) is 7.25. The zero-order valence-corrected chi connectivity index (χ0v) is 15.2. The van der Waals surface area contributed by atoms with Crippen molar-refractivity contribution in [2.75, 3.05) is 5.32 Å². The van der Waals surface area contributed by atoms with Crippen molar-refractivity contribution in [3.63, 3.8) is 0 Å².